The number of allylic oxidation sites excluding steroid dienone is 2. The summed E-state index contributed by atoms with van der Waals surface area (Å²) < 4.78 is 26.3. The Kier molecular flexibility index (Phi) is 5.41. The quantitative estimate of drug-likeness (QED) is 0.652. The SMILES string of the molecule is Cc1ccc(/C(CC2CCC2)=C(\C#N)c2cc(C(F)F)cnc2C)nc1. The van der Waals surface area contributed by atoms with E-state index >= 15 is 0 Å². The fourth-order valence-electron chi connectivity index (χ4n) is 3.18. The lowest BCUT2D eigenvalue weighted by atomic mass is 9.78. The Bertz CT molecular complexity index is 860. The molecule has 5 heteroatoms. The summed E-state index contributed by atoms with van der Waals surface area (Å²) in [6.07, 6.45) is 4.51. The van der Waals surface area contributed by atoms with Gasteiger partial charge in [-0.25, -0.2) is 8.78 Å². The number of aryl methyl sites for hydroxylation is 2. The average molecular weight is 353 g/mol. The summed E-state index contributed by atoms with van der Waals surface area (Å²) in [5.41, 5.74) is 3.88. The van der Waals surface area contributed by atoms with Crippen LogP contribution in [0.25, 0.3) is 11.1 Å². The average Bonchev–Trinajstić information content (AvgIpc) is 2.58. The lowest BCUT2D eigenvalue weighted by molar-refractivity contribution is 0.151. The highest BCUT2D eigenvalue weighted by Gasteiger charge is 2.24. The van der Waals surface area contributed by atoms with Crippen LogP contribution in [-0.4, -0.2) is 9.97 Å². The lowest BCUT2D eigenvalue weighted by Crippen LogP contribution is -2.12. The highest BCUT2D eigenvalue weighted by atomic mass is 19.3. The third-order valence-corrected chi connectivity index (χ3v) is 4.98. The van der Waals surface area contributed by atoms with Crippen molar-refractivity contribution < 1.29 is 8.78 Å². The molecule has 134 valence electrons. The molecule has 26 heavy (non-hydrogen) atoms. The molecular weight excluding hydrogens is 332 g/mol. The molecule has 1 saturated carbocycles. The molecule has 2 heterocycles. The number of hydrogen-bond donors (Lipinski definition) is 0. The van der Waals surface area contributed by atoms with Gasteiger partial charge >= 0.3 is 0 Å². The van der Waals surface area contributed by atoms with Crippen molar-refractivity contribution in [3.05, 3.63) is 58.7 Å². The molecule has 3 rings (SSSR count). The number of nitriles is 1. The monoisotopic (exact) mass is 353 g/mol. The van der Waals surface area contributed by atoms with Crippen molar-refractivity contribution in [1.29, 1.82) is 5.26 Å². The van der Waals surface area contributed by atoms with Gasteiger partial charge in [-0.3, -0.25) is 9.97 Å². The van der Waals surface area contributed by atoms with Crippen molar-refractivity contribution in [1.82, 2.24) is 9.97 Å². The van der Waals surface area contributed by atoms with Crippen molar-refractivity contribution in [2.24, 2.45) is 5.92 Å². The van der Waals surface area contributed by atoms with Crippen molar-refractivity contribution in [3.8, 4) is 6.07 Å². The minimum absolute atomic E-state index is 0.168. The Balaban J connectivity index is 2.16. The predicted octanol–water partition coefficient (Wildman–Crippen LogP) is 5.66. The summed E-state index contributed by atoms with van der Waals surface area (Å²) in [5, 5.41) is 9.87. The molecule has 3 nitrogen and oxygen atoms in total. The Morgan fingerprint density at radius 1 is 1.23 bits per heavy atom. The first-order valence-electron chi connectivity index (χ1n) is 8.81. The van der Waals surface area contributed by atoms with Gasteiger partial charge in [0.15, 0.2) is 0 Å². The summed E-state index contributed by atoms with van der Waals surface area (Å²) in [4.78, 5) is 8.58. The molecular formula is C21H21F2N3. The first kappa shape index (κ1) is 18.2. The standard InChI is InChI=1S/C21H21F2N3/c1-13-6-7-20(26-11-13)18(8-15-4-3-5-15)19(10-24)17-9-16(21(22)23)12-25-14(17)2/h6-7,9,11-12,15,21H,3-5,8H2,1-2H3/b19-18+. The van der Waals surface area contributed by atoms with Crippen LogP contribution in [0.1, 0.15) is 60.2 Å². The van der Waals surface area contributed by atoms with Crippen LogP contribution in [-0.2, 0) is 0 Å². The van der Waals surface area contributed by atoms with E-state index in [1.165, 1.54) is 18.7 Å². The van der Waals surface area contributed by atoms with Crippen molar-refractivity contribution in [2.45, 2.75) is 46.0 Å². The third kappa shape index (κ3) is 3.80. The van der Waals surface area contributed by atoms with E-state index in [0.29, 0.717) is 22.7 Å². The van der Waals surface area contributed by atoms with E-state index < -0.39 is 6.43 Å². The molecule has 1 aliphatic carbocycles. The van der Waals surface area contributed by atoms with Crippen LogP contribution < -0.4 is 0 Å². The van der Waals surface area contributed by atoms with Gasteiger partial charge in [0.1, 0.15) is 6.07 Å². The number of pyridine rings is 2. The van der Waals surface area contributed by atoms with Crippen LogP contribution in [0.15, 0.2) is 30.6 Å². The fourth-order valence-corrected chi connectivity index (χ4v) is 3.18. The number of halogens is 2. The molecule has 0 amide bonds. The molecule has 0 saturated heterocycles. The highest BCUT2D eigenvalue weighted by Crippen LogP contribution is 2.39. The zero-order chi connectivity index (χ0) is 18.7. The van der Waals surface area contributed by atoms with E-state index in [9.17, 15) is 14.0 Å². The zero-order valence-electron chi connectivity index (χ0n) is 15.0. The number of nitrogens with zero attached hydrogens (tertiary/aromatic N) is 3. The first-order valence-corrected chi connectivity index (χ1v) is 8.81. The molecule has 0 aliphatic heterocycles. The molecule has 1 aliphatic rings. The maximum absolute atomic E-state index is 13.1. The van der Waals surface area contributed by atoms with Crippen LogP contribution in [0.4, 0.5) is 8.78 Å². The topological polar surface area (TPSA) is 49.6 Å². The molecule has 0 N–H and O–H groups in total. The van der Waals surface area contributed by atoms with Gasteiger partial charge in [-0.2, -0.15) is 5.26 Å². The van der Waals surface area contributed by atoms with Gasteiger partial charge in [0, 0.05) is 29.2 Å². The van der Waals surface area contributed by atoms with Gasteiger partial charge in [0.25, 0.3) is 6.43 Å². The predicted molar refractivity (Wildman–Crippen MR) is 97.3 cm³/mol. The summed E-state index contributed by atoms with van der Waals surface area (Å²) >= 11 is 0. The molecule has 0 unspecified atom stereocenters. The van der Waals surface area contributed by atoms with E-state index in [1.807, 2.05) is 19.1 Å². The Morgan fingerprint density at radius 2 is 2.00 bits per heavy atom. The number of alkyl halides is 2. The molecule has 0 spiro atoms. The van der Waals surface area contributed by atoms with Crippen LogP contribution in [0, 0.1) is 31.1 Å². The van der Waals surface area contributed by atoms with Gasteiger partial charge in [-0.15, -0.1) is 0 Å². The van der Waals surface area contributed by atoms with Crippen molar-refractivity contribution >= 4 is 11.1 Å². The second kappa shape index (κ2) is 7.74. The molecule has 0 radical (unpaired) electrons. The fraction of sp³-hybridized carbons (Fsp3) is 0.381. The highest BCUT2D eigenvalue weighted by molar-refractivity contribution is 5.97. The third-order valence-electron chi connectivity index (χ3n) is 4.98. The van der Waals surface area contributed by atoms with Gasteiger partial charge in [-0.1, -0.05) is 25.3 Å². The molecule has 2 aromatic rings. The summed E-state index contributed by atoms with van der Waals surface area (Å²) in [7, 11) is 0. The van der Waals surface area contributed by atoms with Gasteiger partial charge < -0.3 is 0 Å². The Labute approximate surface area is 152 Å². The second-order valence-electron chi connectivity index (χ2n) is 6.89. The second-order valence-corrected chi connectivity index (χ2v) is 6.89. The molecule has 0 atom stereocenters. The Morgan fingerprint density at radius 3 is 2.54 bits per heavy atom. The molecule has 2 aromatic heterocycles. The van der Waals surface area contributed by atoms with E-state index in [-0.39, 0.29) is 5.56 Å². The molecule has 0 aromatic carbocycles. The van der Waals surface area contributed by atoms with E-state index in [2.05, 4.69) is 16.0 Å². The number of rotatable bonds is 5. The minimum Gasteiger partial charge on any atom is -0.260 e. The van der Waals surface area contributed by atoms with Crippen LogP contribution in [0.5, 0.6) is 0 Å². The van der Waals surface area contributed by atoms with Gasteiger partial charge in [-0.05, 0) is 49.5 Å². The van der Waals surface area contributed by atoms with Gasteiger partial charge in [0.2, 0.25) is 0 Å². The maximum Gasteiger partial charge on any atom is 0.265 e. The van der Waals surface area contributed by atoms with Crippen LogP contribution >= 0.6 is 0 Å². The smallest absolute Gasteiger partial charge is 0.260 e. The molecule has 0 bridgehead atoms. The van der Waals surface area contributed by atoms with Gasteiger partial charge in [0.05, 0.1) is 11.3 Å². The number of aromatic nitrogens is 2. The summed E-state index contributed by atoms with van der Waals surface area (Å²) in [6, 6.07) is 7.50. The van der Waals surface area contributed by atoms with Crippen LogP contribution in [0.3, 0.4) is 0 Å². The lowest BCUT2D eigenvalue weighted by Gasteiger charge is -2.27. The summed E-state index contributed by atoms with van der Waals surface area (Å²) in [5.74, 6) is 0.517. The summed E-state index contributed by atoms with van der Waals surface area (Å²) in [6.45, 7) is 3.70. The Hall–Kier alpha value is -2.61. The van der Waals surface area contributed by atoms with E-state index in [0.717, 1.165) is 36.1 Å². The number of hydrogen-bond acceptors (Lipinski definition) is 3. The van der Waals surface area contributed by atoms with Crippen molar-refractivity contribution in [2.75, 3.05) is 0 Å². The zero-order valence-corrected chi connectivity index (χ0v) is 15.0. The van der Waals surface area contributed by atoms with Crippen molar-refractivity contribution in [3.63, 3.8) is 0 Å². The molecule has 1 fully saturated rings. The normalized spacial score (nSPS) is 15.4. The van der Waals surface area contributed by atoms with Crippen LogP contribution in [0.2, 0.25) is 0 Å². The van der Waals surface area contributed by atoms with E-state index in [4.69, 9.17) is 0 Å². The maximum atomic E-state index is 13.1. The first-order chi connectivity index (χ1) is 12.5. The minimum atomic E-state index is -2.62. The van der Waals surface area contributed by atoms with E-state index in [1.54, 1.807) is 13.1 Å². The largest absolute Gasteiger partial charge is 0.265 e.